The summed E-state index contributed by atoms with van der Waals surface area (Å²) >= 11 is 1.17. The van der Waals surface area contributed by atoms with Crippen molar-refractivity contribution in [2.75, 3.05) is 17.3 Å². The number of anilines is 1. The van der Waals surface area contributed by atoms with Gasteiger partial charge in [0.1, 0.15) is 0 Å². The van der Waals surface area contributed by atoms with Crippen LogP contribution in [0.1, 0.15) is 24.5 Å². The van der Waals surface area contributed by atoms with Crippen LogP contribution in [0.2, 0.25) is 0 Å². The normalized spacial score (nSPS) is 18.0. The molecule has 0 aromatic heterocycles. The molecule has 2 rings (SSSR count). The fraction of sp³-hybridized carbons (Fsp3) is 0.438. The van der Waals surface area contributed by atoms with Gasteiger partial charge in [-0.15, -0.1) is 11.8 Å². The maximum Gasteiger partial charge on any atom is 0.315 e. The first kappa shape index (κ1) is 16.5. The molecule has 1 fully saturated rings. The Balaban J connectivity index is 2.14. The zero-order valence-corrected chi connectivity index (χ0v) is 13.7. The molecule has 0 radical (unpaired) electrons. The third-order valence-electron chi connectivity index (χ3n) is 3.48. The number of esters is 1. The van der Waals surface area contributed by atoms with E-state index in [0.29, 0.717) is 12.3 Å². The Labute approximate surface area is 134 Å². The predicted molar refractivity (Wildman–Crippen MR) is 85.9 cm³/mol. The molecule has 0 bridgehead atoms. The SMILES string of the molecule is CCOC(=O)CSC1CC(=O)N(c2c(C)cccc2C)C1=O. The van der Waals surface area contributed by atoms with Crippen molar-refractivity contribution in [3.63, 3.8) is 0 Å². The van der Waals surface area contributed by atoms with Gasteiger partial charge in [0, 0.05) is 6.42 Å². The first-order valence-corrected chi connectivity index (χ1v) is 8.20. The van der Waals surface area contributed by atoms with Gasteiger partial charge in [-0.1, -0.05) is 18.2 Å². The van der Waals surface area contributed by atoms with Crippen LogP contribution in [0.25, 0.3) is 0 Å². The Hall–Kier alpha value is -1.82. The summed E-state index contributed by atoms with van der Waals surface area (Å²) in [5.41, 5.74) is 2.44. The van der Waals surface area contributed by atoms with E-state index in [0.717, 1.165) is 11.1 Å². The Bertz CT molecular complexity index is 594. The number of thioether (sulfide) groups is 1. The van der Waals surface area contributed by atoms with Crippen LogP contribution in [0.15, 0.2) is 18.2 Å². The fourth-order valence-corrected chi connectivity index (χ4v) is 3.43. The zero-order chi connectivity index (χ0) is 16.3. The average molecular weight is 321 g/mol. The van der Waals surface area contributed by atoms with Gasteiger partial charge in [-0.2, -0.15) is 0 Å². The third kappa shape index (κ3) is 3.32. The quantitative estimate of drug-likeness (QED) is 0.615. The minimum Gasteiger partial charge on any atom is -0.465 e. The van der Waals surface area contributed by atoms with Gasteiger partial charge >= 0.3 is 5.97 Å². The highest BCUT2D eigenvalue weighted by molar-refractivity contribution is 8.01. The molecule has 22 heavy (non-hydrogen) atoms. The molecule has 118 valence electrons. The number of para-hydroxylation sites is 1. The van der Waals surface area contributed by atoms with E-state index in [1.54, 1.807) is 6.92 Å². The Morgan fingerprint density at radius 1 is 1.32 bits per heavy atom. The lowest BCUT2D eigenvalue weighted by molar-refractivity contribution is -0.139. The summed E-state index contributed by atoms with van der Waals surface area (Å²) in [6, 6.07) is 5.65. The van der Waals surface area contributed by atoms with Crippen LogP contribution < -0.4 is 4.90 Å². The molecule has 1 aromatic carbocycles. The van der Waals surface area contributed by atoms with Gasteiger partial charge in [-0.25, -0.2) is 4.90 Å². The highest BCUT2D eigenvalue weighted by Crippen LogP contribution is 2.33. The summed E-state index contributed by atoms with van der Waals surface area (Å²) in [6.07, 6.45) is 0.122. The van der Waals surface area contributed by atoms with E-state index in [9.17, 15) is 14.4 Å². The number of aryl methyl sites for hydroxylation is 2. The predicted octanol–water partition coefficient (Wildman–Crippen LogP) is 2.23. The van der Waals surface area contributed by atoms with Crippen LogP contribution in [-0.2, 0) is 19.1 Å². The first-order valence-electron chi connectivity index (χ1n) is 7.16. The molecule has 1 saturated heterocycles. The van der Waals surface area contributed by atoms with Crippen LogP contribution in [-0.4, -0.2) is 35.4 Å². The van der Waals surface area contributed by atoms with Crippen molar-refractivity contribution < 1.29 is 19.1 Å². The molecule has 6 heteroatoms. The first-order chi connectivity index (χ1) is 10.5. The minimum absolute atomic E-state index is 0.0815. The third-order valence-corrected chi connectivity index (χ3v) is 4.65. The lowest BCUT2D eigenvalue weighted by Gasteiger charge is -2.19. The van der Waals surface area contributed by atoms with E-state index in [1.807, 2.05) is 32.0 Å². The van der Waals surface area contributed by atoms with E-state index < -0.39 is 5.25 Å². The van der Waals surface area contributed by atoms with Gasteiger partial charge < -0.3 is 4.74 Å². The molecule has 1 aliphatic heterocycles. The Morgan fingerprint density at radius 3 is 2.55 bits per heavy atom. The fourth-order valence-electron chi connectivity index (χ4n) is 2.50. The highest BCUT2D eigenvalue weighted by atomic mass is 32.2. The van der Waals surface area contributed by atoms with Crippen LogP contribution in [0.5, 0.6) is 0 Å². The molecule has 1 aliphatic rings. The van der Waals surface area contributed by atoms with E-state index in [2.05, 4.69) is 0 Å². The zero-order valence-electron chi connectivity index (χ0n) is 12.9. The molecule has 1 aromatic rings. The second-order valence-electron chi connectivity index (χ2n) is 5.12. The van der Waals surface area contributed by atoms with Crippen molar-refractivity contribution in [2.45, 2.75) is 32.4 Å². The summed E-state index contributed by atoms with van der Waals surface area (Å²) in [6.45, 7) is 5.80. The van der Waals surface area contributed by atoms with E-state index in [1.165, 1.54) is 16.7 Å². The molecular formula is C16H19NO4S. The molecule has 5 nitrogen and oxygen atoms in total. The number of hydrogen-bond acceptors (Lipinski definition) is 5. The number of rotatable bonds is 5. The van der Waals surface area contributed by atoms with E-state index in [-0.39, 0.29) is 30.0 Å². The van der Waals surface area contributed by atoms with Crippen molar-refractivity contribution in [3.05, 3.63) is 29.3 Å². The molecular weight excluding hydrogens is 302 g/mol. The smallest absolute Gasteiger partial charge is 0.315 e. The lowest BCUT2D eigenvalue weighted by atomic mass is 10.1. The second kappa shape index (κ2) is 6.96. The number of hydrogen-bond donors (Lipinski definition) is 0. The van der Waals surface area contributed by atoms with Gasteiger partial charge in [0.15, 0.2) is 0 Å². The number of nitrogens with zero attached hydrogens (tertiary/aromatic N) is 1. The van der Waals surface area contributed by atoms with E-state index >= 15 is 0 Å². The summed E-state index contributed by atoms with van der Waals surface area (Å²) in [5, 5.41) is -0.518. The van der Waals surface area contributed by atoms with Crippen LogP contribution >= 0.6 is 11.8 Å². The monoisotopic (exact) mass is 321 g/mol. The van der Waals surface area contributed by atoms with Gasteiger partial charge in [-0.05, 0) is 31.9 Å². The van der Waals surface area contributed by atoms with Gasteiger partial charge in [0.25, 0.3) is 0 Å². The van der Waals surface area contributed by atoms with Crippen molar-refractivity contribution in [2.24, 2.45) is 0 Å². The number of imide groups is 1. The van der Waals surface area contributed by atoms with Gasteiger partial charge in [0.05, 0.1) is 23.3 Å². The van der Waals surface area contributed by atoms with Gasteiger partial charge in [0.2, 0.25) is 11.8 Å². The Morgan fingerprint density at radius 2 is 1.95 bits per heavy atom. The van der Waals surface area contributed by atoms with Crippen molar-refractivity contribution in [1.82, 2.24) is 0 Å². The molecule has 0 aliphatic carbocycles. The maximum absolute atomic E-state index is 12.5. The number of benzene rings is 1. The largest absolute Gasteiger partial charge is 0.465 e. The molecule has 1 atom stereocenters. The van der Waals surface area contributed by atoms with Gasteiger partial charge in [-0.3, -0.25) is 14.4 Å². The van der Waals surface area contributed by atoms with Crippen molar-refractivity contribution in [1.29, 1.82) is 0 Å². The highest BCUT2D eigenvalue weighted by Gasteiger charge is 2.41. The average Bonchev–Trinajstić information content (AvgIpc) is 2.73. The van der Waals surface area contributed by atoms with Crippen LogP contribution in [0.3, 0.4) is 0 Å². The number of ether oxygens (including phenoxy) is 1. The number of amides is 2. The Kier molecular flexibility index (Phi) is 5.24. The summed E-state index contributed by atoms with van der Waals surface area (Å²) in [5.74, 6) is -0.753. The molecule has 0 saturated carbocycles. The molecule has 0 N–H and O–H groups in total. The van der Waals surface area contributed by atoms with Crippen LogP contribution in [0, 0.1) is 13.8 Å². The summed E-state index contributed by atoms with van der Waals surface area (Å²) in [4.78, 5) is 37.4. The molecule has 1 heterocycles. The second-order valence-corrected chi connectivity index (χ2v) is 6.31. The lowest BCUT2D eigenvalue weighted by Crippen LogP contribution is -2.32. The topological polar surface area (TPSA) is 63.7 Å². The minimum atomic E-state index is -0.518. The van der Waals surface area contributed by atoms with Crippen molar-refractivity contribution >= 4 is 35.2 Å². The summed E-state index contributed by atoms with van der Waals surface area (Å²) in [7, 11) is 0. The molecule has 0 spiro atoms. The molecule has 2 amide bonds. The van der Waals surface area contributed by atoms with Crippen molar-refractivity contribution in [3.8, 4) is 0 Å². The number of carbonyl (C=O) groups is 3. The standard InChI is InChI=1S/C16H19NO4S/c1-4-21-14(19)9-22-12-8-13(18)17(16(12)20)15-10(2)6-5-7-11(15)3/h5-7,12H,4,8-9H2,1-3H3. The summed E-state index contributed by atoms with van der Waals surface area (Å²) < 4.78 is 4.84. The van der Waals surface area contributed by atoms with E-state index in [4.69, 9.17) is 4.74 Å². The number of carbonyl (C=O) groups excluding carboxylic acids is 3. The molecule has 1 unspecified atom stereocenters. The maximum atomic E-state index is 12.5. The van der Waals surface area contributed by atoms with Crippen LogP contribution in [0.4, 0.5) is 5.69 Å².